The zero-order valence-electron chi connectivity index (χ0n) is 17.7. The summed E-state index contributed by atoms with van der Waals surface area (Å²) in [5.74, 6) is -1.11. The van der Waals surface area contributed by atoms with Crippen molar-refractivity contribution in [2.24, 2.45) is 5.92 Å². The van der Waals surface area contributed by atoms with Gasteiger partial charge in [-0.15, -0.1) is 0 Å². The number of nitrogens with zero attached hydrogens (tertiary/aromatic N) is 2. The number of hydrogen-bond acceptors (Lipinski definition) is 4. The lowest BCUT2D eigenvalue weighted by Gasteiger charge is -2.31. The molecule has 6 nitrogen and oxygen atoms in total. The van der Waals surface area contributed by atoms with Gasteiger partial charge in [0.25, 0.3) is 0 Å². The van der Waals surface area contributed by atoms with E-state index in [0.29, 0.717) is 12.8 Å². The summed E-state index contributed by atoms with van der Waals surface area (Å²) < 4.78 is 40.6. The van der Waals surface area contributed by atoms with Gasteiger partial charge in [0.1, 0.15) is 5.82 Å². The summed E-state index contributed by atoms with van der Waals surface area (Å²) in [6.45, 7) is 0.390. The molecule has 1 aromatic heterocycles. The molecule has 1 amide bonds. The van der Waals surface area contributed by atoms with Gasteiger partial charge >= 0.3 is 0 Å². The second-order valence-corrected chi connectivity index (χ2v) is 10.2. The number of hydrogen-bond donors (Lipinski definition) is 1. The summed E-state index contributed by atoms with van der Waals surface area (Å²) in [5.41, 5.74) is 1.86. The van der Waals surface area contributed by atoms with Crippen LogP contribution in [0, 0.1) is 11.7 Å². The van der Waals surface area contributed by atoms with Gasteiger partial charge in [0, 0.05) is 31.4 Å². The predicted molar refractivity (Wildman–Crippen MR) is 124 cm³/mol. The zero-order valence-corrected chi connectivity index (χ0v) is 19.3. The second kappa shape index (κ2) is 9.99. The molecule has 2 heterocycles. The number of pyridine rings is 1. The first-order valence-electron chi connectivity index (χ1n) is 10.6. The molecule has 1 atom stereocenters. The van der Waals surface area contributed by atoms with Crippen molar-refractivity contribution in [1.29, 1.82) is 0 Å². The van der Waals surface area contributed by atoms with Crippen LogP contribution >= 0.6 is 11.6 Å². The van der Waals surface area contributed by atoms with Crippen molar-refractivity contribution in [2.45, 2.75) is 23.8 Å². The average Bonchev–Trinajstić information content (AvgIpc) is 2.85. The minimum absolute atomic E-state index is 0.0568. The van der Waals surface area contributed by atoms with Gasteiger partial charge in [0.2, 0.25) is 15.9 Å². The molecule has 3 aromatic rings. The van der Waals surface area contributed by atoms with Crippen molar-refractivity contribution in [2.75, 3.05) is 13.1 Å². The molecule has 172 valence electrons. The van der Waals surface area contributed by atoms with E-state index in [1.165, 1.54) is 10.4 Å². The fourth-order valence-corrected chi connectivity index (χ4v) is 5.71. The van der Waals surface area contributed by atoms with Crippen LogP contribution in [-0.2, 0) is 14.8 Å². The number of rotatable bonds is 6. The zero-order chi connectivity index (χ0) is 23.4. The summed E-state index contributed by atoms with van der Waals surface area (Å²) in [6.07, 6.45) is 4.14. The average molecular weight is 488 g/mol. The predicted octanol–water partition coefficient (Wildman–Crippen LogP) is 4.18. The molecule has 1 fully saturated rings. The summed E-state index contributed by atoms with van der Waals surface area (Å²) in [7, 11) is -3.82. The molecular formula is C24H23ClFN3O3S. The maximum Gasteiger partial charge on any atom is 0.243 e. The van der Waals surface area contributed by atoms with Crippen molar-refractivity contribution < 1.29 is 17.6 Å². The SMILES string of the molecule is O=C(NC(c1ccccc1)c1ccncc1)C1CCN(S(=O)(=O)c2ccc(F)c(Cl)c2)CC1. The number of carbonyl (C=O) groups is 1. The maximum atomic E-state index is 13.4. The Morgan fingerprint density at radius 3 is 2.30 bits per heavy atom. The second-order valence-electron chi connectivity index (χ2n) is 7.89. The largest absolute Gasteiger partial charge is 0.345 e. The summed E-state index contributed by atoms with van der Waals surface area (Å²) >= 11 is 5.76. The van der Waals surface area contributed by atoms with Crippen LogP contribution in [0.2, 0.25) is 5.02 Å². The van der Waals surface area contributed by atoms with Crippen LogP contribution in [0.15, 0.2) is 78.0 Å². The van der Waals surface area contributed by atoms with Crippen molar-refractivity contribution >= 4 is 27.5 Å². The number of aromatic nitrogens is 1. The first-order valence-corrected chi connectivity index (χ1v) is 12.4. The highest BCUT2D eigenvalue weighted by molar-refractivity contribution is 7.89. The number of benzene rings is 2. The standard InChI is InChI=1S/C24H23ClFN3O3S/c25-21-16-20(6-7-22(21)26)33(31,32)29-14-10-19(11-15-29)24(30)28-23(17-4-2-1-3-5-17)18-8-12-27-13-9-18/h1-9,12-13,16,19,23H,10-11,14-15H2,(H,28,30). The van der Waals surface area contributed by atoms with Crippen LogP contribution in [0.5, 0.6) is 0 Å². The molecule has 9 heteroatoms. The molecule has 1 aliphatic rings. The lowest BCUT2D eigenvalue weighted by atomic mass is 9.94. The third-order valence-electron chi connectivity index (χ3n) is 5.81. The monoisotopic (exact) mass is 487 g/mol. The van der Waals surface area contributed by atoms with E-state index in [2.05, 4.69) is 10.3 Å². The molecule has 1 N–H and O–H groups in total. The summed E-state index contributed by atoms with van der Waals surface area (Å²) in [6, 6.07) is 16.4. The Kier molecular flexibility index (Phi) is 7.07. The molecule has 0 aliphatic carbocycles. The highest BCUT2D eigenvalue weighted by Gasteiger charge is 2.33. The third kappa shape index (κ3) is 5.24. The van der Waals surface area contributed by atoms with Gasteiger partial charge in [0.05, 0.1) is 16.0 Å². The molecule has 4 rings (SSSR count). The Morgan fingerprint density at radius 1 is 1.03 bits per heavy atom. The number of piperidine rings is 1. The van der Waals surface area contributed by atoms with Gasteiger partial charge < -0.3 is 5.32 Å². The van der Waals surface area contributed by atoms with Gasteiger partial charge in [-0.2, -0.15) is 4.31 Å². The van der Waals surface area contributed by atoms with Crippen molar-refractivity contribution in [3.8, 4) is 0 Å². The molecule has 1 unspecified atom stereocenters. The maximum absolute atomic E-state index is 13.4. The van der Waals surface area contributed by atoms with Crippen LogP contribution in [0.25, 0.3) is 0 Å². The Hall–Kier alpha value is -2.81. The van der Waals surface area contributed by atoms with E-state index in [1.54, 1.807) is 12.4 Å². The van der Waals surface area contributed by atoms with Crippen LogP contribution in [0.3, 0.4) is 0 Å². The number of sulfonamides is 1. The van der Waals surface area contributed by atoms with E-state index in [0.717, 1.165) is 23.3 Å². The van der Waals surface area contributed by atoms with Crippen LogP contribution in [-0.4, -0.2) is 36.7 Å². The van der Waals surface area contributed by atoms with Gasteiger partial charge in [-0.25, -0.2) is 12.8 Å². The van der Waals surface area contributed by atoms with Gasteiger partial charge in [0.15, 0.2) is 0 Å². The first-order chi connectivity index (χ1) is 15.9. The van der Waals surface area contributed by atoms with Crippen molar-refractivity contribution in [3.63, 3.8) is 0 Å². The van der Waals surface area contributed by atoms with E-state index in [-0.39, 0.29) is 40.9 Å². The highest BCUT2D eigenvalue weighted by atomic mass is 35.5. The molecule has 1 saturated heterocycles. The first kappa shape index (κ1) is 23.4. The van der Waals surface area contributed by atoms with E-state index < -0.39 is 15.8 Å². The molecular weight excluding hydrogens is 465 g/mol. The lowest BCUT2D eigenvalue weighted by Crippen LogP contribution is -2.43. The van der Waals surface area contributed by atoms with E-state index in [9.17, 15) is 17.6 Å². The molecule has 0 saturated carbocycles. The Bertz CT molecular complexity index is 1180. The van der Waals surface area contributed by atoms with E-state index in [4.69, 9.17) is 11.6 Å². The van der Waals surface area contributed by atoms with Crippen LogP contribution < -0.4 is 5.32 Å². The Labute approximate surface area is 197 Å². The highest BCUT2D eigenvalue weighted by Crippen LogP contribution is 2.28. The van der Waals surface area contributed by atoms with Crippen molar-refractivity contribution in [1.82, 2.24) is 14.6 Å². The van der Waals surface area contributed by atoms with Gasteiger partial charge in [-0.1, -0.05) is 41.9 Å². The Balaban J connectivity index is 1.45. The van der Waals surface area contributed by atoms with Crippen LogP contribution in [0.1, 0.15) is 30.0 Å². The van der Waals surface area contributed by atoms with Crippen LogP contribution in [0.4, 0.5) is 4.39 Å². The van der Waals surface area contributed by atoms with Crippen molar-refractivity contribution in [3.05, 3.63) is 95.0 Å². The van der Waals surface area contributed by atoms with E-state index in [1.807, 2.05) is 42.5 Å². The normalized spacial score (nSPS) is 16.3. The summed E-state index contributed by atoms with van der Waals surface area (Å²) in [5, 5.41) is 2.88. The number of amides is 1. The summed E-state index contributed by atoms with van der Waals surface area (Å²) in [4.78, 5) is 17.1. The molecule has 33 heavy (non-hydrogen) atoms. The topological polar surface area (TPSA) is 79.4 Å². The fourth-order valence-electron chi connectivity index (χ4n) is 3.97. The third-order valence-corrected chi connectivity index (χ3v) is 8.00. The smallest absolute Gasteiger partial charge is 0.243 e. The number of carbonyl (C=O) groups excluding carboxylic acids is 1. The Morgan fingerprint density at radius 2 is 1.67 bits per heavy atom. The molecule has 0 bridgehead atoms. The number of halogens is 2. The van der Waals surface area contributed by atoms with Gasteiger partial charge in [-0.3, -0.25) is 9.78 Å². The van der Waals surface area contributed by atoms with Gasteiger partial charge in [-0.05, 0) is 54.3 Å². The molecule has 1 aliphatic heterocycles. The quantitative estimate of drug-likeness (QED) is 0.565. The minimum atomic E-state index is -3.82. The fraction of sp³-hybridized carbons (Fsp3) is 0.250. The molecule has 0 radical (unpaired) electrons. The molecule has 0 spiro atoms. The lowest BCUT2D eigenvalue weighted by molar-refractivity contribution is -0.126. The van der Waals surface area contributed by atoms with E-state index >= 15 is 0 Å². The molecule has 2 aromatic carbocycles. The minimum Gasteiger partial charge on any atom is -0.345 e. The number of nitrogens with one attached hydrogen (secondary N) is 1.